The number of carbonyl (C=O) groups is 2. The van der Waals surface area contributed by atoms with Crippen molar-refractivity contribution in [2.75, 3.05) is 0 Å². The van der Waals surface area contributed by atoms with Crippen LogP contribution in [0.3, 0.4) is 0 Å². The molecule has 1 atom stereocenters. The summed E-state index contributed by atoms with van der Waals surface area (Å²) in [6, 6.07) is 19.0. The molecule has 0 unspecified atom stereocenters. The molecule has 40 heavy (non-hydrogen) atoms. The fourth-order valence-corrected chi connectivity index (χ4v) is 4.91. The molecular formula is C28H23ClFN7O2S. The number of rotatable bonds is 10. The van der Waals surface area contributed by atoms with Crippen LogP contribution in [0.2, 0.25) is 5.02 Å². The zero-order valence-electron chi connectivity index (χ0n) is 21.0. The van der Waals surface area contributed by atoms with E-state index in [4.69, 9.17) is 11.6 Å². The minimum atomic E-state index is -1.03. The third-order valence-electron chi connectivity index (χ3n) is 6.05. The van der Waals surface area contributed by atoms with E-state index in [0.29, 0.717) is 27.5 Å². The largest absolute Gasteiger partial charge is 0.350 e. The Morgan fingerprint density at radius 3 is 2.52 bits per heavy atom. The number of halogens is 2. The zero-order chi connectivity index (χ0) is 27.9. The van der Waals surface area contributed by atoms with Gasteiger partial charge in [-0.05, 0) is 63.7 Å². The van der Waals surface area contributed by atoms with Gasteiger partial charge in [-0.1, -0.05) is 48.0 Å². The van der Waals surface area contributed by atoms with Gasteiger partial charge >= 0.3 is 0 Å². The molecule has 5 aromatic rings. The Morgan fingerprint density at radius 2 is 1.80 bits per heavy atom. The Labute approximate surface area is 238 Å². The van der Waals surface area contributed by atoms with E-state index in [-0.39, 0.29) is 25.5 Å². The predicted octanol–water partition coefficient (Wildman–Crippen LogP) is 4.68. The SMILES string of the molecule is O=C(NCc1ccc(F)cc1)[C@H](c1ccncc1)N(Cc1ccccc1Cl)C(=O)Cn1nnc(-c2cccs2)n1. The molecule has 0 spiro atoms. The number of nitrogens with one attached hydrogen (secondary N) is 1. The van der Waals surface area contributed by atoms with Crippen LogP contribution >= 0.6 is 22.9 Å². The molecule has 0 aliphatic heterocycles. The van der Waals surface area contributed by atoms with Gasteiger partial charge in [0.2, 0.25) is 17.6 Å². The summed E-state index contributed by atoms with van der Waals surface area (Å²) in [7, 11) is 0. The van der Waals surface area contributed by atoms with Crippen molar-refractivity contribution in [3.8, 4) is 10.7 Å². The number of carbonyl (C=O) groups excluding carboxylic acids is 2. The second-order valence-electron chi connectivity index (χ2n) is 8.76. The number of thiophene rings is 1. The summed E-state index contributed by atoms with van der Waals surface area (Å²) < 4.78 is 13.4. The molecule has 0 aliphatic rings. The van der Waals surface area contributed by atoms with Crippen LogP contribution in [0.5, 0.6) is 0 Å². The molecule has 0 bridgehead atoms. The topological polar surface area (TPSA) is 106 Å². The summed E-state index contributed by atoms with van der Waals surface area (Å²) in [6.45, 7) is -0.0682. The highest BCUT2D eigenvalue weighted by Gasteiger charge is 2.32. The molecule has 5 rings (SSSR count). The fraction of sp³-hybridized carbons (Fsp3) is 0.143. The van der Waals surface area contributed by atoms with Gasteiger partial charge < -0.3 is 10.2 Å². The predicted molar refractivity (Wildman–Crippen MR) is 148 cm³/mol. The fourth-order valence-electron chi connectivity index (χ4n) is 4.07. The molecule has 0 aliphatic carbocycles. The average molecular weight is 576 g/mol. The Kier molecular flexibility index (Phi) is 8.53. The number of hydrogen-bond acceptors (Lipinski definition) is 7. The average Bonchev–Trinajstić information content (AvgIpc) is 3.67. The Balaban J connectivity index is 1.46. The van der Waals surface area contributed by atoms with Crippen LogP contribution in [0.25, 0.3) is 10.7 Å². The van der Waals surface area contributed by atoms with Crippen LogP contribution in [-0.2, 0) is 29.2 Å². The molecule has 0 saturated carbocycles. The quantitative estimate of drug-likeness (QED) is 0.259. The molecule has 202 valence electrons. The summed E-state index contributed by atoms with van der Waals surface area (Å²) in [5.74, 6) is -0.816. The van der Waals surface area contributed by atoms with Gasteiger partial charge in [0, 0.05) is 30.5 Å². The van der Waals surface area contributed by atoms with Gasteiger partial charge in [-0.25, -0.2) is 4.39 Å². The Bertz CT molecular complexity index is 1580. The van der Waals surface area contributed by atoms with Gasteiger partial charge in [0.25, 0.3) is 0 Å². The molecule has 0 fully saturated rings. The molecule has 3 heterocycles. The van der Waals surface area contributed by atoms with Crippen molar-refractivity contribution >= 4 is 34.8 Å². The second kappa shape index (κ2) is 12.6. The Hall–Kier alpha value is -4.48. The van der Waals surface area contributed by atoms with E-state index in [2.05, 4.69) is 25.7 Å². The normalized spacial score (nSPS) is 11.7. The lowest BCUT2D eigenvalue weighted by atomic mass is 10.0. The van der Waals surface area contributed by atoms with Crippen LogP contribution in [-0.4, -0.2) is 41.9 Å². The number of amides is 2. The van der Waals surface area contributed by atoms with Crippen molar-refractivity contribution in [2.24, 2.45) is 0 Å². The first kappa shape index (κ1) is 27.1. The van der Waals surface area contributed by atoms with Gasteiger partial charge in [-0.15, -0.1) is 21.5 Å². The van der Waals surface area contributed by atoms with E-state index in [9.17, 15) is 14.0 Å². The number of aromatic nitrogens is 5. The van der Waals surface area contributed by atoms with Gasteiger partial charge in [-0.3, -0.25) is 14.6 Å². The van der Waals surface area contributed by atoms with Crippen LogP contribution < -0.4 is 5.32 Å². The number of nitrogens with zero attached hydrogens (tertiary/aromatic N) is 6. The van der Waals surface area contributed by atoms with E-state index in [1.54, 1.807) is 54.9 Å². The van der Waals surface area contributed by atoms with Crippen molar-refractivity contribution in [3.05, 3.63) is 118 Å². The third kappa shape index (κ3) is 6.56. The molecular weight excluding hydrogens is 553 g/mol. The molecule has 9 nitrogen and oxygen atoms in total. The van der Waals surface area contributed by atoms with E-state index < -0.39 is 17.9 Å². The first-order valence-corrected chi connectivity index (χ1v) is 13.5. The van der Waals surface area contributed by atoms with Crippen molar-refractivity contribution in [2.45, 2.75) is 25.7 Å². The number of pyridine rings is 1. The van der Waals surface area contributed by atoms with Crippen molar-refractivity contribution < 1.29 is 14.0 Å². The lowest BCUT2D eigenvalue weighted by Crippen LogP contribution is -2.44. The lowest BCUT2D eigenvalue weighted by molar-refractivity contribution is -0.142. The van der Waals surface area contributed by atoms with Crippen molar-refractivity contribution in [3.63, 3.8) is 0 Å². The minimum absolute atomic E-state index is 0.0436. The second-order valence-corrected chi connectivity index (χ2v) is 10.1. The van der Waals surface area contributed by atoms with Crippen molar-refractivity contribution in [1.82, 2.24) is 35.4 Å². The molecule has 1 N–H and O–H groups in total. The number of tetrazole rings is 1. The molecule has 3 aromatic heterocycles. The molecule has 0 saturated heterocycles. The lowest BCUT2D eigenvalue weighted by Gasteiger charge is -2.31. The molecule has 2 amide bonds. The minimum Gasteiger partial charge on any atom is -0.350 e. The van der Waals surface area contributed by atoms with Crippen LogP contribution in [0.4, 0.5) is 4.39 Å². The molecule has 2 aromatic carbocycles. The van der Waals surface area contributed by atoms with Crippen LogP contribution in [0, 0.1) is 5.82 Å². The Morgan fingerprint density at radius 1 is 1.02 bits per heavy atom. The highest BCUT2D eigenvalue weighted by Crippen LogP contribution is 2.27. The third-order valence-corrected chi connectivity index (χ3v) is 7.29. The maximum Gasteiger partial charge on any atom is 0.247 e. The van der Waals surface area contributed by atoms with Gasteiger partial charge in [0.1, 0.15) is 18.4 Å². The van der Waals surface area contributed by atoms with Crippen molar-refractivity contribution in [1.29, 1.82) is 0 Å². The molecule has 0 radical (unpaired) electrons. The monoisotopic (exact) mass is 575 g/mol. The van der Waals surface area contributed by atoms with E-state index in [0.717, 1.165) is 4.88 Å². The summed E-state index contributed by atoms with van der Waals surface area (Å²) in [5, 5.41) is 17.7. The smallest absolute Gasteiger partial charge is 0.247 e. The highest BCUT2D eigenvalue weighted by atomic mass is 35.5. The van der Waals surface area contributed by atoms with Gasteiger partial charge in [0.15, 0.2) is 0 Å². The summed E-state index contributed by atoms with van der Waals surface area (Å²) in [4.78, 5) is 35.1. The maximum atomic E-state index is 13.9. The summed E-state index contributed by atoms with van der Waals surface area (Å²) >= 11 is 7.92. The van der Waals surface area contributed by atoms with Crippen LogP contribution in [0.1, 0.15) is 22.7 Å². The standard InChI is InChI=1S/C28H23ClFN7O2S/c29-23-5-2-1-4-21(23)17-36(25(38)18-37-34-27(33-35-37)24-6-3-15-40-24)26(20-11-13-31-14-12-20)28(39)32-16-19-7-9-22(30)10-8-19/h1-15,26H,16-18H2,(H,32,39)/t26-/m0/s1. The van der Waals surface area contributed by atoms with E-state index in [1.165, 1.54) is 33.2 Å². The number of benzene rings is 2. The van der Waals surface area contributed by atoms with E-state index >= 15 is 0 Å². The first-order chi connectivity index (χ1) is 19.5. The van der Waals surface area contributed by atoms with Gasteiger partial charge in [-0.2, -0.15) is 4.80 Å². The van der Waals surface area contributed by atoms with Crippen LogP contribution in [0.15, 0.2) is 90.6 Å². The number of hydrogen-bond donors (Lipinski definition) is 1. The molecule has 12 heteroatoms. The summed E-state index contributed by atoms with van der Waals surface area (Å²) in [6.07, 6.45) is 3.11. The van der Waals surface area contributed by atoms with E-state index in [1.807, 2.05) is 23.6 Å². The summed E-state index contributed by atoms with van der Waals surface area (Å²) in [5.41, 5.74) is 1.92. The first-order valence-electron chi connectivity index (χ1n) is 12.2. The maximum absolute atomic E-state index is 13.9. The zero-order valence-corrected chi connectivity index (χ0v) is 22.6. The highest BCUT2D eigenvalue weighted by molar-refractivity contribution is 7.13. The van der Waals surface area contributed by atoms with Gasteiger partial charge in [0.05, 0.1) is 4.88 Å².